The van der Waals surface area contributed by atoms with Gasteiger partial charge in [-0.05, 0) is 42.2 Å². The summed E-state index contributed by atoms with van der Waals surface area (Å²) < 4.78 is 0. The Balaban J connectivity index is 2.18. The predicted molar refractivity (Wildman–Crippen MR) is 78.2 cm³/mol. The molecule has 0 amide bonds. The molecular formula is C16H17N3. The lowest BCUT2D eigenvalue weighted by Crippen LogP contribution is -1.92. The SMILES string of the molecule is Cc1c(-c2cc(C(C)C)ccn2)ccc2[nH]ncc12. The van der Waals surface area contributed by atoms with Crippen molar-refractivity contribution in [1.29, 1.82) is 0 Å². The fourth-order valence-corrected chi connectivity index (χ4v) is 2.39. The normalized spacial score (nSPS) is 11.4. The van der Waals surface area contributed by atoms with E-state index in [1.807, 2.05) is 12.4 Å². The first-order valence-corrected chi connectivity index (χ1v) is 6.56. The highest BCUT2D eigenvalue weighted by Gasteiger charge is 2.09. The van der Waals surface area contributed by atoms with Gasteiger partial charge >= 0.3 is 0 Å². The summed E-state index contributed by atoms with van der Waals surface area (Å²) in [7, 11) is 0. The zero-order valence-electron chi connectivity index (χ0n) is 11.4. The molecule has 2 heterocycles. The number of pyridine rings is 1. The Morgan fingerprint density at radius 3 is 2.79 bits per heavy atom. The van der Waals surface area contributed by atoms with Gasteiger partial charge in [-0.15, -0.1) is 0 Å². The van der Waals surface area contributed by atoms with E-state index < -0.39 is 0 Å². The first kappa shape index (κ1) is 11.9. The fraction of sp³-hybridized carbons (Fsp3) is 0.250. The van der Waals surface area contributed by atoms with Gasteiger partial charge in [0.15, 0.2) is 0 Å². The molecule has 0 saturated carbocycles. The smallest absolute Gasteiger partial charge is 0.0707 e. The standard InChI is InChI=1S/C16H17N3/c1-10(2)12-6-7-17-16(8-12)13-4-5-15-14(11(13)3)9-18-19-15/h4-10H,1-3H3,(H,18,19). The van der Waals surface area contributed by atoms with Gasteiger partial charge in [0, 0.05) is 17.1 Å². The highest BCUT2D eigenvalue weighted by Crippen LogP contribution is 2.28. The van der Waals surface area contributed by atoms with Crippen LogP contribution in [0.3, 0.4) is 0 Å². The summed E-state index contributed by atoms with van der Waals surface area (Å²) in [5.74, 6) is 0.514. The number of aromatic nitrogens is 3. The average molecular weight is 251 g/mol. The van der Waals surface area contributed by atoms with Crippen LogP contribution in [0.2, 0.25) is 0 Å². The quantitative estimate of drug-likeness (QED) is 0.746. The Hall–Kier alpha value is -2.16. The molecule has 0 atom stereocenters. The highest BCUT2D eigenvalue weighted by atomic mass is 15.1. The molecule has 3 nitrogen and oxygen atoms in total. The predicted octanol–water partition coefficient (Wildman–Crippen LogP) is 4.06. The third-order valence-corrected chi connectivity index (χ3v) is 3.62. The minimum atomic E-state index is 0.514. The van der Waals surface area contributed by atoms with Crippen LogP contribution in [0.25, 0.3) is 22.2 Å². The molecule has 0 fully saturated rings. The molecule has 0 bridgehead atoms. The van der Waals surface area contributed by atoms with Gasteiger partial charge in [0.2, 0.25) is 0 Å². The first-order valence-electron chi connectivity index (χ1n) is 6.56. The lowest BCUT2D eigenvalue weighted by atomic mass is 9.98. The summed E-state index contributed by atoms with van der Waals surface area (Å²) in [4.78, 5) is 4.51. The molecule has 0 aliphatic rings. The minimum absolute atomic E-state index is 0.514. The van der Waals surface area contributed by atoms with Gasteiger partial charge < -0.3 is 0 Å². The van der Waals surface area contributed by atoms with Crippen molar-refractivity contribution in [2.45, 2.75) is 26.7 Å². The summed E-state index contributed by atoms with van der Waals surface area (Å²) in [6.45, 7) is 6.52. The van der Waals surface area contributed by atoms with Crippen LogP contribution in [0.1, 0.15) is 30.9 Å². The van der Waals surface area contributed by atoms with E-state index in [-0.39, 0.29) is 0 Å². The van der Waals surface area contributed by atoms with E-state index in [1.165, 1.54) is 16.7 Å². The van der Waals surface area contributed by atoms with E-state index in [4.69, 9.17) is 0 Å². The Bertz CT molecular complexity index is 726. The van der Waals surface area contributed by atoms with E-state index in [9.17, 15) is 0 Å². The van der Waals surface area contributed by atoms with Crippen LogP contribution in [-0.2, 0) is 0 Å². The zero-order valence-corrected chi connectivity index (χ0v) is 11.4. The molecule has 0 saturated heterocycles. The van der Waals surface area contributed by atoms with Crippen molar-refractivity contribution in [3.8, 4) is 11.3 Å². The zero-order chi connectivity index (χ0) is 13.4. The number of fused-ring (bicyclic) bond motifs is 1. The number of nitrogens with one attached hydrogen (secondary N) is 1. The van der Waals surface area contributed by atoms with Crippen molar-refractivity contribution in [2.24, 2.45) is 0 Å². The molecular weight excluding hydrogens is 234 g/mol. The Morgan fingerprint density at radius 2 is 2.00 bits per heavy atom. The maximum Gasteiger partial charge on any atom is 0.0707 e. The van der Waals surface area contributed by atoms with Crippen molar-refractivity contribution in [3.05, 3.63) is 47.8 Å². The molecule has 3 aromatic rings. The van der Waals surface area contributed by atoms with Gasteiger partial charge in [-0.25, -0.2) is 0 Å². The number of hydrogen-bond acceptors (Lipinski definition) is 2. The number of aromatic amines is 1. The van der Waals surface area contributed by atoms with Crippen LogP contribution in [0.15, 0.2) is 36.7 Å². The van der Waals surface area contributed by atoms with E-state index in [0.29, 0.717) is 5.92 Å². The van der Waals surface area contributed by atoms with Gasteiger partial charge in [-0.1, -0.05) is 19.9 Å². The molecule has 19 heavy (non-hydrogen) atoms. The molecule has 2 aromatic heterocycles. The third-order valence-electron chi connectivity index (χ3n) is 3.62. The average Bonchev–Trinajstić information content (AvgIpc) is 2.88. The minimum Gasteiger partial charge on any atom is -0.278 e. The molecule has 0 radical (unpaired) electrons. The molecule has 3 heteroatoms. The van der Waals surface area contributed by atoms with Crippen molar-refractivity contribution < 1.29 is 0 Å². The molecule has 96 valence electrons. The van der Waals surface area contributed by atoms with Crippen molar-refractivity contribution in [2.75, 3.05) is 0 Å². The van der Waals surface area contributed by atoms with Gasteiger partial charge in [0.25, 0.3) is 0 Å². The molecule has 0 aliphatic heterocycles. The van der Waals surface area contributed by atoms with Crippen molar-refractivity contribution in [1.82, 2.24) is 15.2 Å². The van der Waals surface area contributed by atoms with Crippen LogP contribution < -0.4 is 0 Å². The maximum atomic E-state index is 4.51. The Morgan fingerprint density at radius 1 is 1.16 bits per heavy atom. The lowest BCUT2D eigenvalue weighted by molar-refractivity contribution is 0.863. The number of rotatable bonds is 2. The summed E-state index contributed by atoms with van der Waals surface area (Å²) >= 11 is 0. The van der Waals surface area contributed by atoms with Crippen LogP contribution >= 0.6 is 0 Å². The van der Waals surface area contributed by atoms with Gasteiger partial charge in [-0.3, -0.25) is 10.1 Å². The Labute approximate surface area is 112 Å². The first-order chi connectivity index (χ1) is 9.16. The molecule has 0 aliphatic carbocycles. The number of nitrogens with zero attached hydrogens (tertiary/aromatic N) is 2. The summed E-state index contributed by atoms with van der Waals surface area (Å²) in [5, 5.41) is 8.26. The second kappa shape index (κ2) is 4.50. The van der Waals surface area contributed by atoms with Crippen molar-refractivity contribution in [3.63, 3.8) is 0 Å². The van der Waals surface area contributed by atoms with Crippen LogP contribution in [-0.4, -0.2) is 15.2 Å². The van der Waals surface area contributed by atoms with Crippen LogP contribution in [0.5, 0.6) is 0 Å². The molecule has 1 N–H and O–H groups in total. The summed E-state index contributed by atoms with van der Waals surface area (Å²) in [6, 6.07) is 8.44. The maximum absolute atomic E-state index is 4.51. The van der Waals surface area contributed by atoms with Gasteiger partial charge in [0.1, 0.15) is 0 Å². The third kappa shape index (κ3) is 2.01. The molecule has 3 rings (SSSR count). The Kier molecular flexibility index (Phi) is 2.82. The van der Waals surface area contributed by atoms with Crippen LogP contribution in [0, 0.1) is 6.92 Å². The second-order valence-electron chi connectivity index (χ2n) is 5.20. The van der Waals surface area contributed by atoms with Gasteiger partial charge in [0.05, 0.1) is 17.4 Å². The largest absolute Gasteiger partial charge is 0.278 e. The number of hydrogen-bond donors (Lipinski definition) is 1. The summed E-state index contributed by atoms with van der Waals surface area (Å²) in [6.07, 6.45) is 3.77. The van der Waals surface area contributed by atoms with E-state index in [0.717, 1.165) is 16.6 Å². The van der Waals surface area contributed by atoms with E-state index >= 15 is 0 Å². The number of H-pyrrole nitrogens is 1. The lowest BCUT2D eigenvalue weighted by Gasteiger charge is -2.10. The summed E-state index contributed by atoms with van der Waals surface area (Å²) in [5.41, 5.74) is 5.82. The molecule has 1 aromatic carbocycles. The van der Waals surface area contributed by atoms with Gasteiger partial charge in [-0.2, -0.15) is 5.10 Å². The van der Waals surface area contributed by atoms with Crippen LogP contribution in [0.4, 0.5) is 0 Å². The second-order valence-corrected chi connectivity index (χ2v) is 5.20. The fourth-order valence-electron chi connectivity index (χ4n) is 2.39. The van der Waals surface area contributed by atoms with Crippen molar-refractivity contribution >= 4 is 10.9 Å². The highest BCUT2D eigenvalue weighted by molar-refractivity contribution is 5.88. The monoisotopic (exact) mass is 251 g/mol. The number of benzene rings is 1. The molecule has 0 unspecified atom stereocenters. The van der Waals surface area contributed by atoms with E-state index in [2.05, 4.69) is 60.2 Å². The van der Waals surface area contributed by atoms with E-state index in [1.54, 1.807) is 0 Å². The topological polar surface area (TPSA) is 41.6 Å². The number of aryl methyl sites for hydroxylation is 1. The molecule has 0 spiro atoms.